The number of carbonyl (C=O) groups is 5. The van der Waals surface area contributed by atoms with Crippen LogP contribution in [0.25, 0.3) is 11.0 Å². The molecule has 0 unspecified atom stereocenters. The Kier molecular flexibility index (Phi) is 13.1. The lowest BCUT2D eigenvalue weighted by molar-refractivity contribution is -0.141. The van der Waals surface area contributed by atoms with Crippen molar-refractivity contribution < 1.29 is 46.6 Å². The number of aromatic nitrogens is 2. The highest BCUT2D eigenvalue weighted by atomic mass is 32.2. The molecule has 5 amide bonds. The van der Waals surface area contributed by atoms with Gasteiger partial charge in [-0.25, -0.2) is 14.3 Å². The molecule has 2 fully saturated rings. The maximum Gasteiger partial charge on any atom is 0.411 e. The summed E-state index contributed by atoms with van der Waals surface area (Å²) in [5.74, 6) is -2.62. The maximum atomic E-state index is 14.6. The van der Waals surface area contributed by atoms with Crippen molar-refractivity contribution in [3.8, 4) is 6.01 Å². The van der Waals surface area contributed by atoms with Crippen molar-refractivity contribution >= 4 is 56.8 Å². The van der Waals surface area contributed by atoms with E-state index < -0.39 is 75.4 Å². The molecular weight excluding hydrogens is 761 g/mol. The SMILES string of the molecule is CCOC(=O)Nc1cccc2c1nc(O[C@@H]1C[C@H]3C(=O)N[C@]4(C(=O)NS(=O)(=O)N(C)C)C[C@H]4/C=C\CCCCC[C@H](NC(=O)OC(C)(C)C)C(=O)N3C1)n2C(C)C. The first-order valence-corrected chi connectivity index (χ1v) is 20.8. The van der Waals surface area contributed by atoms with Gasteiger partial charge in [-0.1, -0.05) is 31.1 Å². The van der Waals surface area contributed by atoms with Crippen LogP contribution in [-0.2, 0) is 34.1 Å². The number of alkyl carbamates (subject to hydrolysis) is 1. The molecule has 1 aliphatic carbocycles. The second-order valence-corrected chi connectivity index (χ2v) is 18.0. The minimum absolute atomic E-state index is 0.0276. The summed E-state index contributed by atoms with van der Waals surface area (Å²) in [6, 6.07) is 3.05. The van der Waals surface area contributed by atoms with Gasteiger partial charge in [-0.15, -0.1) is 0 Å². The van der Waals surface area contributed by atoms with Crippen molar-refractivity contribution in [2.75, 3.05) is 32.6 Å². The van der Waals surface area contributed by atoms with Crippen LogP contribution in [0.3, 0.4) is 0 Å². The minimum Gasteiger partial charge on any atom is -0.459 e. The molecule has 0 bridgehead atoms. The van der Waals surface area contributed by atoms with Gasteiger partial charge in [0.1, 0.15) is 34.8 Å². The number of nitrogens with one attached hydrogen (secondary N) is 4. The molecule has 1 saturated carbocycles. The van der Waals surface area contributed by atoms with Crippen LogP contribution in [-0.4, -0.2) is 114 Å². The lowest BCUT2D eigenvalue weighted by Gasteiger charge is -2.30. The monoisotopic (exact) mass is 816 g/mol. The molecule has 314 valence electrons. The van der Waals surface area contributed by atoms with Crippen LogP contribution in [0.15, 0.2) is 30.4 Å². The number of amides is 5. The summed E-state index contributed by atoms with van der Waals surface area (Å²) in [4.78, 5) is 74.2. The Balaban J connectivity index is 1.51. The average Bonchev–Trinajstić information content (AvgIpc) is 3.42. The van der Waals surface area contributed by atoms with Crippen LogP contribution in [0.1, 0.15) is 92.5 Å². The van der Waals surface area contributed by atoms with Crippen LogP contribution in [0.2, 0.25) is 0 Å². The number of carbonyl (C=O) groups excluding carboxylic acids is 5. The van der Waals surface area contributed by atoms with E-state index in [1.165, 1.54) is 19.0 Å². The number of hydrogen-bond donors (Lipinski definition) is 4. The van der Waals surface area contributed by atoms with Gasteiger partial charge >= 0.3 is 22.4 Å². The zero-order chi connectivity index (χ0) is 41.9. The van der Waals surface area contributed by atoms with Crippen molar-refractivity contribution in [2.45, 2.75) is 122 Å². The Hall–Kier alpha value is -4.91. The highest BCUT2D eigenvalue weighted by Crippen LogP contribution is 2.46. The molecule has 3 aliphatic rings. The quantitative estimate of drug-likeness (QED) is 0.267. The smallest absolute Gasteiger partial charge is 0.411 e. The average molecular weight is 817 g/mol. The first-order valence-electron chi connectivity index (χ1n) is 19.4. The van der Waals surface area contributed by atoms with Gasteiger partial charge in [0.15, 0.2) is 0 Å². The van der Waals surface area contributed by atoms with Gasteiger partial charge in [-0.05, 0) is 79.4 Å². The molecule has 0 spiro atoms. The van der Waals surface area contributed by atoms with Gasteiger partial charge in [0.25, 0.3) is 11.9 Å². The Morgan fingerprint density at radius 3 is 2.51 bits per heavy atom. The van der Waals surface area contributed by atoms with E-state index in [1.54, 1.807) is 39.8 Å². The standard InChI is InChI=1S/C38H56N8O10S/c1-9-54-35(50)39-26-18-15-19-28-30(26)41-34(46(28)23(2)3)55-25-20-29-31(47)42-38(33(49)43-57(52,53)44(7)8)21-24(38)16-13-11-10-12-14-17-27(32(48)45(29)22-25)40-36(51)56-37(4,5)6/h13,15-16,18-19,23-25,27,29H,9-12,14,17,20-22H2,1-8H3,(H,39,50)(H,40,51)(H,42,47)(H,43,49)/b16-13-/t24-,25-,27+,29+,38-/m1/s1. The molecule has 18 nitrogen and oxygen atoms in total. The number of benzene rings is 1. The van der Waals surface area contributed by atoms with E-state index in [0.29, 0.717) is 29.6 Å². The van der Waals surface area contributed by atoms with Gasteiger partial charge in [0, 0.05) is 32.5 Å². The number of anilines is 1. The number of fused-ring (bicyclic) bond motifs is 3. The molecule has 2 aromatic rings. The molecule has 1 aromatic heterocycles. The van der Waals surface area contributed by atoms with E-state index >= 15 is 0 Å². The van der Waals surface area contributed by atoms with E-state index in [4.69, 9.17) is 19.2 Å². The molecule has 0 radical (unpaired) electrons. The van der Waals surface area contributed by atoms with Crippen LogP contribution in [0.5, 0.6) is 6.01 Å². The number of allylic oxidation sites excluding steroid dienone is 1. The number of nitrogens with zero attached hydrogens (tertiary/aromatic N) is 4. The van der Waals surface area contributed by atoms with Crippen LogP contribution in [0.4, 0.5) is 15.3 Å². The van der Waals surface area contributed by atoms with Gasteiger partial charge in [-0.2, -0.15) is 17.7 Å². The molecular formula is C38H56N8O10S. The zero-order valence-electron chi connectivity index (χ0n) is 33.9. The molecule has 19 heteroatoms. The second-order valence-electron chi connectivity index (χ2n) is 16.1. The Bertz CT molecular complexity index is 1990. The highest BCUT2D eigenvalue weighted by Gasteiger charge is 2.62. The minimum atomic E-state index is -4.20. The summed E-state index contributed by atoms with van der Waals surface area (Å²) in [6.07, 6.45) is 4.62. The van der Waals surface area contributed by atoms with Crippen molar-refractivity contribution in [3.63, 3.8) is 0 Å². The number of rotatable bonds is 9. The lowest BCUT2D eigenvalue weighted by Crippen LogP contribution is -2.58. The summed E-state index contributed by atoms with van der Waals surface area (Å²) >= 11 is 0. The van der Waals surface area contributed by atoms with E-state index in [9.17, 15) is 32.4 Å². The third-order valence-electron chi connectivity index (χ3n) is 10.0. The normalized spacial score (nSPS) is 25.1. The molecule has 4 N–H and O–H groups in total. The number of hydrogen-bond acceptors (Lipinski definition) is 11. The van der Waals surface area contributed by atoms with Gasteiger partial charge in [0.05, 0.1) is 24.4 Å². The van der Waals surface area contributed by atoms with E-state index in [2.05, 4.69) is 20.7 Å². The number of para-hydroxylation sites is 1. The molecule has 1 saturated heterocycles. The summed E-state index contributed by atoms with van der Waals surface area (Å²) < 4.78 is 47.3. The summed E-state index contributed by atoms with van der Waals surface area (Å²) in [6.45, 7) is 10.8. The lowest BCUT2D eigenvalue weighted by atomic mass is 10.0. The molecule has 5 atom stereocenters. The fraction of sp³-hybridized carbons (Fsp3) is 0.632. The molecule has 1 aromatic carbocycles. The number of ether oxygens (including phenoxy) is 3. The summed E-state index contributed by atoms with van der Waals surface area (Å²) in [5.41, 5.74) is -0.936. The Morgan fingerprint density at radius 2 is 1.84 bits per heavy atom. The van der Waals surface area contributed by atoms with E-state index in [1.807, 2.05) is 36.6 Å². The van der Waals surface area contributed by atoms with Crippen molar-refractivity contribution in [1.82, 2.24) is 34.1 Å². The van der Waals surface area contributed by atoms with Crippen molar-refractivity contribution in [1.29, 1.82) is 0 Å². The highest BCUT2D eigenvalue weighted by molar-refractivity contribution is 7.87. The van der Waals surface area contributed by atoms with Gasteiger partial charge in [-0.3, -0.25) is 24.3 Å². The first kappa shape index (κ1) is 43.2. The predicted octanol–water partition coefficient (Wildman–Crippen LogP) is 3.75. The fourth-order valence-electron chi connectivity index (χ4n) is 7.12. The van der Waals surface area contributed by atoms with Crippen LogP contribution in [0, 0.1) is 5.92 Å². The van der Waals surface area contributed by atoms with Gasteiger partial charge < -0.3 is 29.7 Å². The molecule has 2 aliphatic heterocycles. The van der Waals surface area contributed by atoms with E-state index in [-0.39, 0.29) is 44.5 Å². The summed E-state index contributed by atoms with van der Waals surface area (Å²) in [5, 5.41) is 8.27. The second kappa shape index (κ2) is 17.3. The van der Waals surface area contributed by atoms with E-state index in [0.717, 1.165) is 17.1 Å². The topological polar surface area (TPSA) is 220 Å². The molecule has 5 rings (SSSR count). The summed E-state index contributed by atoms with van der Waals surface area (Å²) in [7, 11) is -1.64. The van der Waals surface area contributed by atoms with Crippen LogP contribution >= 0.6 is 0 Å². The third-order valence-corrected chi connectivity index (χ3v) is 11.4. The molecule has 57 heavy (non-hydrogen) atoms. The Labute approximate surface area is 333 Å². The largest absolute Gasteiger partial charge is 0.459 e. The molecule has 3 heterocycles. The predicted molar refractivity (Wildman–Crippen MR) is 210 cm³/mol. The van der Waals surface area contributed by atoms with Crippen molar-refractivity contribution in [2.24, 2.45) is 5.92 Å². The number of imidazole rings is 1. The first-order chi connectivity index (χ1) is 26.8. The maximum absolute atomic E-state index is 14.6. The fourth-order valence-corrected chi connectivity index (χ4v) is 7.72. The third kappa shape index (κ3) is 10.2. The van der Waals surface area contributed by atoms with Crippen LogP contribution < -0.4 is 25.4 Å². The Morgan fingerprint density at radius 1 is 1.11 bits per heavy atom. The van der Waals surface area contributed by atoms with Crippen molar-refractivity contribution in [3.05, 3.63) is 30.4 Å². The van der Waals surface area contributed by atoms with Gasteiger partial charge in [0.2, 0.25) is 11.8 Å². The zero-order valence-corrected chi connectivity index (χ0v) is 34.7.